The monoisotopic (exact) mass is 272 g/mol. The van der Waals surface area contributed by atoms with Gasteiger partial charge in [-0.3, -0.25) is 14.8 Å². The number of hydrogen-bond acceptors (Lipinski definition) is 4. The average Bonchev–Trinajstić information content (AvgIpc) is 2.74. The van der Waals surface area contributed by atoms with Crippen LogP contribution in [0.15, 0.2) is 24.5 Å². The zero-order valence-corrected chi connectivity index (χ0v) is 9.55. The zero-order chi connectivity index (χ0) is 14.2. The molecule has 0 saturated carbocycles. The molecule has 0 N–H and O–H groups in total. The molecule has 0 fully saturated rings. The summed E-state index contributed by atoms with van der Waals surface area (Å²) in [6.45, 7) is 0. The largest absolute Gasteiger partial charge is 0.416 e. The van der Waals surface area contributed by atoms with Gasteiger partial charge in [0.25, 0.3) is 5.69 Å². The summed E-state index contributed by atoms with van der Waals surface area (Å²) in [6, 6.07) is 2.26. The molecule has 6 nitrogen and oxygen atoms in total. The van der Waals surface area contributed by atoms with Gasteiger partial charge in [-0.25, -0.2) is 4.98 Å². The molecule has 9 heteroatoms. The summed E-state index contributed by atoms with van der Waals surface area (Å²) in [5, 5.41) is 14.5. The van der Waals surface area contributed by atoms with Crippen molar-refractivity contribution < 1.29 is 18.1 Å². The van der Waals surface area contributed by atoms with Crippen LogP contribution < -0.4 is 0 Å². The molecule has 0 atom stereocenters. The fraction of sp³-hybridized carbons (Fsp3) is 0.200. The van der Waals surface area contributed by atoms with Crippen molar-refractivity contribution in [2.24, 2.45) is 7.05 Å². The van der Waals surface area contributed by atoms with E-state index in [1.54, 1.807) is 7.05 Å². The lowest BCUT2D eigenvalue weighted by atomic mass is 10.1. The first-order valence-electron chi connectivity index (χ1n) is 5.00. The second-order valence-electron chi connectivity index (χ2n) is 3.77. The van der Waals surface area contributed by atoms with Gasteiger partial charge in [0, 0.05) is 24.7 Å². The number of nitro benzene ring substituents is 1. The fourth-order valence-electron chi connectivity index (χ4n) is 1.48. The molecule has 0 aliphatic heterocycles. The predicted molar refractivity (Wildman–Crippen MR) is 58.1 cm³/mol. The quantitative estimate of drug-likeness (QED) is 0.621. The van der Waals surface area contributed by atoms with Crippen LogP contribution in [0.3, 0.4) is 0 Å². The fourth-order valence-corrected chi connectivity index (χ4v) is 1.48. The third kappa shape index (κ3) is 2.69. The maximum atomic E-state index is 12.7. The molecule has 100 valence electrons. The van der Waals surface area contributed by atoms with E-state index in [4.69, 9.17) is 0 Å². The van der Waals surface area contributed by atoms with Gasteiger partial charge in [0.1, 0.15) is 6.33 Å². The van der Waals surface area contributed by atoms with Gasteiger partial charge in [0.2, 0.25) is 0 Å². The molecule has 2 rings (SSSR count). The van der Waals surface area contributed by atoms with E-state index >= 15 is 0 Å². The summed E-state index contributed by atoms with van der Waals surface area (Å²) < 4.78 is 39.3. The Hall–Kier alpha value is -2.45. The van der Waals surface area contributed by atoms with Crippen molar-refractivity contribution in [1.29, 1.82) is 0 Å². The average molecular weight is 272 g/mol. The van der Waals surface area contributed by atoms with Crippen LogP contribution in [-0.4, -0.2) is 19.7 Å². The van der Waals surface area contributed by atoms with E-state index in [0.717, 1.165) is 12.1 Å². The maximum Gasteiger partial charge on any atom is 0.416 e. The number of hydrogen-bond donors (Lipinski definition) is 0. The summed E-state index contributed by atoms with van der Waals surface area (Å²) >= 11 is 0. The summed E-state index contributed by atoms with van der Waals surface area (Å²) in [4.78, 5) is 13.5. The Kier molecular flexibility index (Phi) is 2.97. The maximum absolute atomic E-state index is 12.7. The molecular formula is C10H7F3N4O2. The summed E-state index contributed by atoms with van der Waals surface area (Å²) in [7, 11) is 1.54. The highest BCUT2D eigenvalue weighted by molar-refractivity contribution is 5.61. The Morgan fingerprint density at radius 3 is 2.47 bits per heavy atom. The Morgan fingerprint density at radius 1 is 1.32 bits per heavy atom. The molecule has 19 heavy (non-hydrogen) atoms. The highest BCUT2D eigenvalue weighted by atomic mass is 19.4. The molecule has 0 bridgehead atoms. The lowest BCUT2D eigenvalue weighted by Crippen LogP contribution is -2.06. The van der Waals surface area contributed by atoms with Crippen molar-refractivity contribution in [3.8, 4) is 11.4 Å². The molecule has 2 aromatic rings. The Balaban J connectivity index is 2.61. The van der Waals surface area contributed by atoms with Crippen LogP contribution in [0, 0.1) is 10.1 Å². The number of aryl methyl sites for hydroxylation is 1. The van der Waals surface area contributed by atoms with Crippen molar-refractivity contribution in [1.82, 2.24) is 14.8 Å². The second-order valence-corrected chi connectivity index (χ2v) is 3.77. The number of halogens is 3. The number of alkyl halides is 3. The Labute approximate surface area is 104 Å². The minimum absolute atomic E-state index is 0.00306. The van der Waals surface area contributed by atoms with Crippen LogP contribution >= 0.6 is 0 Å². The van der Waals surface area contributed by atoms with Gasteiger partial charge in [-0.15, -0.1) is 0 Å². The highest BCUT2D eigenvalue weighted by Crippen LogP contribution is 2.34. The third-order valence-electron chi connectivity index (χ3n) is 2.31. The molecule has 0 aliphatic rings. The second kappa shape index (κ2) is 4.34. The van der Waals surface area contributed by atoms with Crippen molar-refractivity contribution in [2.75, 3.05) is 0 Å². The molecule has 0 saturated heterocycles. The van der Waals surface area contributed by atoms with E-state index in [2.05, 4.69) is 10.1 Å². The molecular weight excluding hydrogens is 265 g/mol. The molecule has 0 spiro atoms. The number of nitro groups is 1. The van der Waals surface area contributed by atoms with Gasteiger partial charge in [-0.1, -0.05) is 0 Å². The van der Waals surface area contributed by atoms with E-state index in [-0.39, 0.29) is 11.4 Å². The van der Waals surface area contributed by atoms with Crippen molar-refractivity contribution in [3.63, 3.8) is 0 Å². The van der Waals surface area contributed by atoms with Gasteiger partial charge in [-0.05, 0) is 6.07 Å². The molecule has 0 radical (unpaired) electrons. The lowest BCUT2D eigenvalue weighted by molar-refractivity contribution is -0.385. The SMILES string of the molecule is Cn1cnc(-c2cc([N+](=O)[O-])cc(C(F)(F)F)c2)n1. The minimum atomic E-state index is -4.67. The van der Waals surface area contributed by atoms with Crippen LogP contribution in [0.5, 0.6) is 0 Å². The summed E-state index contributed by atoms with van der Waals surface area (Å²) in [6.07, 6.45) is -3.38. The molecule has 1 aromatic heterocycles. The Morgan fingerprint density at radius 2 is 2.00 bits per heavy atom. The van der Waals surface area contributed by atoms with Gasteiger partial charge in [0.05, 0.1) is 10.5 Å². The number of non-ortho nitro benzene ring substituents is 1. The van der Waals surface area contributed by atoms with E-state index in [1.807, 2.05) is 0 Å². The van der Waals surface area contributed by atoms with E-state index in [0.29, 0.717) is 6.07 Å². The number of aromatic nitrogens is 3. The van der Waals surface area contributed by atoms with Gasteiger partial charge in [-0.2, -0.15) is 18.3 Å². The number of nitrogens with zero attached hydrogens (tertiary/aromatic N) is 4. The zero-order valence-electron chi connectivity index (χ0n) is 9.55. The van der Waals surface area contributed by atoms with Crippen LogP contribution in [0.4, 0.5) is 18.9 Å². The van der Waals surface area contributed by atoms with E-state index in [9.17, 15) is 23.3 Å². The Bertz CT molecular complexity index is 636. The van der Waals surface area contributed by atoms with Gasteiger partial charge in [0.15, 0.2) is 5.82 Å². The van der Waals surface area contributed by atoms with Gasteiger partial charge >= 0.3 is 6.18 Å². The molecule has 0 amide bonds. The molecule has 0 aliphatic carbocycles. The number of benzene rings is 1. The van der Waals surface area contributed by atoms with Crippen molar-refractivity contribution in [2.45, 2.75) is 6.18 Å². The highest BCUT2D eigenvalue weighted by Gasteiger charge is 2.33. The predicted octanol–water partition coefficient (Wildman–Crippen LogP) is 2.41. The molecule has 1 heterocycles. The summed E-state index contributed by atoms with van der Waals surface area (Å²) in [5.41, 5.74) is -1.82. The standard InChI is InChI=1S/C10H7F3N4O2/c1-16-5-14-9(15-16)6-2-7(10(11,12)13)4-8(3-6)17(18)19/h2-5H,1H3. The number of rotatable bonds is 2. The first-order valence-corrected chi connectivity index (χ1v) is 5.00. The van der Waals surface area contributed by atoms with Crippen LogP contribution in [-0.2, 0) is 13.2 Å². The van der Waals surface area contributed by atoms with Crippen LogP contribution in [0.2, 0.25) is 0 Å². The molecule has 1 aromatic carbocycles. The first-order chi connectivity index (χ1) is 8.77. The minimum Gasteiger partial charge on any atom is -0.258 e. The summed E-state index contributed by atoms with van der Waals surface area (Å²) in [5.74, 6) is -0.00306. The lowest BCUT2D eigenvalue weighted by Gasteiger charge is -2.07. The van der Waals surface area contributed by atoms with Crippen LogP contribution in [0.25, 0.3) is 11.4 Å². The smallest absolute Gasteiger partial charge is 0.258 e. The van der Waals surface area contributed by atoms with E-state index < -0.39 is 22.4 Å². The van der Waals surface area contributed by atoms with Crippen molar-refractivity contribution >= 4 is 5.69 Å². The normalized spacial score (nSPS) is 11.6. The van der Waals surface area contributed by atoms with Gasteiger partial charge < -0.3 is 0 Å². The van der Waals surface area contributed by atoms with Crippen LogP contribution in [0.1, 0.15) is 5.56 Å². The van der Waals surface area contributed by atoms with E-state index in [1.165, 1.54) is 11.0 Å². The third-order valence-corrected chi connectivity index (χ3v) is 2.31. The molecule has 0 unspecified atom stereocenters. The topological polar surface area (TPSA) is 73.8 Å². The van der Waals surface area contributed by atoms with Crippen molar-refractivity contribution in [3.05, 3.63) is 40.2 Å². The first kappa shape index (κ1) is 13.0.